The highest BCUT2D eigenvalue weighted by molar-refractivity contribution is 5.18. The van der Waals surface area contributed by atoms with Crippen LogP contribution in [-0.2, 0) is 4.74 Å². The molecule has 2 heteroatoms. The summed E-state index contributed by atoms with van der Waals surface area (Å²) in [5, 5.41) is 3.65. The molecule has 2 atom stereocenters. The highest BCUT2D eigenvalue weighted by Crippen LogP contribution is 2.23. The number of nitrogens with one attached hydrogen (secondary N) is 1. The van der Waals surface area contributed by atoms with E-state index >= 15 is 0 Å². The molecule has 0 aliphatic carbocycles. The van der Waals surface area contributed by atoms with Crippen molar-refractivity contribution >= 4 is 0 Å². The molecule has 100 valence electrons. The first-order valence-corrected chi connectivity index (χ1v) is 7.30. The summed E-state index contributed by atoms with van der Waals surface area (Å²) in [7, 11) is 0. The largest absolute Gasteiger partial charge is 0.378 e. The van der Waals surface area contributed by atoms with Gasteiger partial charge in [-0.2, -0.15) is 0 Å². The van der Waals surface area contributed by atoms with Crippen molar-refractivity contribution in [3.8, 4) is 0 Å². The highest BCUT2D eigenvalue weighted by atomic mass is 16.5. The van der Waals surface area contributed by atoms with Crippen molar-refractivity contribution in [3.63, 3.8) is 0 Å². The molecule has 18 heavy (non-hydrogen) atoms. The number of hydrogen-bond donors (Lipinski definition) is 1. The zero-order chi connectivity index (χ0) is 12.6. The van der Waals surface area contributed by atoms with E-state index in [4.69, 9.17) is 4.74 Å². The van der Waals surface area contributed by atoms with Crippen LogP contribution in [0, 0.1) is 0 Å². The van der Waals surface area contributed by atoms with Crippen LogP contribution in [0.1, 0.15) is 50.6 Å². The molecule has 0 spiro atoms. The van der Waals surface area contributed by atoms with Crippen LogP contribution in [0.2, 0.25) is 0 Å². The van der Waals surface area contributed by atoms with Gasteiger partial charge in [-0.05, 0) is 44.2 Å². The number of ether oxygens (including phenoxy) is 1. The molecule has 0 radical (unpaired) electrons. The molecule has 0 amide bonds. The van der Waals surface area contributed by atoms with Crippen molar-refractivity contribution in [2.24, 2.45) is 0 Å². The molecular weight excluding hydrogens is 222 g/mol. The van der Waals surface area contributed by atoms with Crippen LogP contribution in [0.25, 0.3) is 0 Å². The Kier molecular flexibility index (Phi) is 5.69. The standard InChI is InChI=1S/C16H25NO/c1-2-12-17-16(14-7-4-3-5-8-14)11-10-15-9-6-13-18-15/h3-5,7-8,15-17H,2,6,9-13H2,1H3. The van der Waals surface area contributed by atoms with E-state index in [2.05, 4.69) is 42.6 Å². The number of hydrogen-bond acceptors (Lipinski definition) is 2. The van der Waals surface area contributed by atoms with Gasteiger partial charge in [0.25, 0.3) is 0 Å². The maximum atomic E-state index is 5.72. The van der Waals surface area contributed by atoms with Gasteiger partial charge < -0.3 is 10.1 Å². The summed E-state index contributed by atoms with van der Waals surface area (Å²) < 4.78 is 5.72. The first-order chi connectivity index (χ1) is 8.90. The third-order valence-electron chi connectivity index (χ3n) is 3.64. The minimum atomic E-state index is 0.482. The molecule has 2 nitrogen and oxygen atoms in total. The zero-order valence-corrected chi connectivity index (χ0v) is 11.4. The van der Waals surface area contributed by atoms with Crippen LogP contribution in [0.15, 0.2) is 30.3 Å². The van der Waals surface area contributed by atoms with Gasteiger partial charge in [-0.15, -0.1) is 0 Å². The fraction of sp³-hybridized carbons (Fsp3) is 0.625. The molecule has 1 saturated heterocycles. The van der Waals surface area contributed by atoms with Crippen molar-refractivity contribution in [3.05, 3.63) is 35.9 Å². The Labute approximate surface area is 111 Å². The second-order valence-corrected chi connectivity index (χ2v) is 5.13. The maximum Gasteiger partial charge on any atom is 0.0576 e. The van der Waals surface area contributed by atoms with Crippen molar-refractivity contribution in [1.82, 2.24) is 5.32 Å². The van der Waals surface area contributed by atoms with Crippen molar-refractivity contribution in [2.45, 2.75) is 51.2 Å². The third kappa shape index (κ3) is 4.11. The Balaban J connectivity index is 1.87. The average molecular weight is 247 g/mol. The maximum absolute atomic E-state index is 5.72. The Morgan fingerprint density at radius 2 is 2.17 bits per heavy atom. The lowest BCUT2D eigenvalue weighted by atomic mass is 9.99. The third-order valence-corrected chi connectivity index (χ3v) is 3.64. The van der Waals surface area contributed by atoms with Crippen LogP contribution in [0.3, 0.4) is 0 Å². The summed E-state index contributed by atoms with van der Waals surface area (Å²) in [4.78, 5) is 0. The summed E-state index contributed by atoms with van der Waals surface area (Å²) in [6, 6.07) is 11.3. The van der Waals surface area contributed by atoms with Crippen LogP contribution in [-0.4, -0.2) is 19.3 Å². The summed E-state index contributed by atoms with van der Waals surface area (Å²) in [5.41, 5.74) is 1.41. The fourth-order valence-electron chi connectivity index (χ4n) is 2.62. The van der Waals surface area contributed by atoms with Gasteiger partial charge in [-0.3, -0.25) is 0 Å². The molecule has 0 saturated carbocycles. The van der Waals surface area contributed by atoms with E-state index in [1.54, 1.807) is 0 Å². The monoisotopic (exact) mass is 247 g/mol. The van der Waals surface area contributed by atoms with E-state index in [0.717, 1.165) is 13.2 Å². The van der Waals surface area contributed by atoms with Gasteiger partial charge in [-0.25, -0.2) is 0 Å². The lowest BCUT2D eigenvalue weighted by Crippen LogP contribution is -2.23. The summed E-state index contributed by atoms with van der Waals surface area (Å²) in [5.74, 6) is 0. The van der Waals surface area contributed by atoms with E-state index in [-0.39, 0.29) is 0 Å². The van der Waals surface area contributed by atoms with Gasteiger partial charge >= 0.3 is 0 Å². The minimum absolute atomic E-state index is 0.482. The first kappa shape index (κ1) is 13.6. The molecule has 0 bridgehead atoms. The average Bonchev–Trinajstić information content (AvgIpc) is 2.93. The molecule has 2 unspecified atom stereocenters. The fourth-order valence-corrected chi connectivity index (χ4v) is 2.62. The molecule has 1 aliphatic heterocycles. The lowest BCUT2D eigenvalue weighted by molar-refractivity contribution is 0.0996. The summed E-state index contributed by atoms with van der Waals surface area (Å²) in [6.07, 6.45) is 6.52. The Morgan fingerprint density at radius 1 is 1.33 bits per heavy atom. The molecule has 1 aliphatic rings. The van der Waals surface area contributed by atoms with Gasteiger partial charge in [0.2, 0.25) is 0 Å². The van der Waals surface area contributed by atoms with Crippen molar-refractivity contribution < 1.29 is 4.74 Å². The van der Waals surface area contributed by atoms with Crippen LogP contribution < -0.4 is 5.32 Å². The lowest BCUT2D eigenvalue weighted by Gasteiger charge is -2.20. The predicted molar refractivity (Wildman–Crippen MR) is 75.7 cm³/mol. The number of rotatable bonds is 7. The van der Waals surface area contributed by atoms with Gasteiger partial charge in [0.15, 0.2) is 0 Å². The number of benzene rings is 1. The predicted octanol–water partition coefficient (Wildman–Crippen LogP) is 3.69. The van der Waals surface area contributed by atoms with Gasteiger partial charge in [0.05, 0.1) is 6.10 Å². The molecule has 1 N–H and O–H groups in total. The van der Waals surface area contributed by atoms with E-state index in [0.29, 0.717) is 12.1 Å². The van der Waals surface area contributed by atoms with Crippen molar-refractivity contribution in [2.75, 3.05) is 13.2 Å². The normalized spacial score (nSPS) is 21.1. The second-order valence-electron chi connectivity index (χ2n) is 5.13. The second kappa shape index (κ2) is 7.55. The molecule has 0 aromatic heterocycles. The highest BCUT2D eigenvalue weighted by Gasteiger charge is 2.18. The molecule has 1 fully saturated rings. The van der Waals surface area contributed by atoms with E-state index in [9.17, 15) is 0 Å². The SMILES string of the molecule is CCCNC(CCC1CCCO1)c1ccccc1. The van der Waals surface area contributed by atoms with E-state index < -0.39 is 0 Å². The molecular formula is C16H25NO. The first-order valence-electron chi connectivity index (χ1n) is 7.30. The molecule has 1 aromatic carbocycles. The summed E-state index contributed by atoms with van der Waals surface area (Å²) in [6.45, 7) is 4.27. The minimum Gasteiger partial charge on any atom is -0.378 e. The van der Waals surface area contributed by atoms with Crippen molar-refractivity contribution in [1.29, 1.82) is 0 Å². The van der Waals surface area contributed by atoms with Gasteiger partial charge in [-0.1, -0.05) is 37.3 Å². The van der Waals surface area contributed by atoms with Gasteiger partial charge in [0.1, 0.15) is 0 Å². The van der Waals surface area contributed by atoms with Crippen LogP contribution in [0.5, 0.6) is 0 Å². The van der Waals surface area contributed by atoms with E-state index in [1.807, 2.05) is 0 Å². The Morgan fingerprint density at radius 3 is 2.83 bits per heavy atom. The molecule has 2 rings (SSSR count). The smallest absolute Gasteiger partial charge is 0.0576 e. The quantitative estimate of drug-likeness (QED) is 0.793. The van der Waals surface area contributed by atoms with Gasteiger partial charge in [0, 0.05) is 12.6 Å². The zero-order valence-electron chi connectivity index (χ0n) is 11.4. The molecule has 1 aromatic rings. The Hall–Kier alpha value is -0.860. The Bertz CT molecular complexity index is 319. The van der Waals surface area contributed by atoms with Crippen LogP contribution >= 0.6 is 0 Å². The van der Waals surface area contributed by atoms with Crippen LogP contribution in [0.4, 0.5) is 0 Å². The summed E-state index contributed by atoms with van der Waals surface area (Å²) >= 11 is 0. The van der Waals surface area contributed by atoms with E-state index in [1.165, 1.54) is 37.7 Å². The topological polar surface area (TPSA) is 21.3 Å². The molecule has 1 heterocycles.